The zero-order valence-electron chi connectivity index (χ0n) is 22.8. The van der Waals surface area contributed by atoms with Crippen LogP contribution >= 0.6 is 0 Å². The van der Waals surface area contributed by atoms with E-state index in [0.717, 1.165) is 0 Å². The average Bonchev–Trinajstić information content (AvgIpc) is 2.80. The minimum atomic E-state index is -0.424. The van der Waals surface area contributed by atoms with Gasteiger partial charge in [-0.2, -0.15) is 0 Å². The first kappa shape index (κ1) is 33.2. The first-order valence-corrected chi connectivity index (χ1v) is 12.1. The highest BCUT2D eigenvalue weighted by atomic mass is 16.6. The lowest BCUT2D eigenvalue weighted by atomic mass is 10.3. The summed E-state index contributed by atoms with van der Waals surface area (Å²) in [7, 11) is 0. The second-order valence-corrected chi connectivity index (χ2v) is 9.09. The Balaban J connectivity index is 3.92. The molecule has 0 spiro atoms. The number of carbonyl (C=O) groups excluding carboxylic acids is 2. The normalized spacial score (nSPS) is 16.5. The van der Waals surface area contributed by atoms with Crippen molar-refractivity contribution >= 4 is 11.9 Å². The van der Waals surface area contributed by atoms with E-state index in [-0.39, 0.29) is 49.8 Å². The van der Waals surface area contributed by atoms with Crippen LogP contribution in [0.1, 0.15) is 55.4 Å². The topological polar surface area (TPSA) is 98.8 Å². The van der Waals surface area contributed by atoms with Crippen LogP contribution in [-0.4, -0.2) is 88.2 Å². The van der Waals surface area contributed by atoms with E-state index in [9.17, 15) is 9.59 Å². The fraction of sp³-hybridized carbons (Fsp3) is 0.769. The van der Waals surface area contributed by atoms with Gasteiger partial charge in [-0.1, -0.05) is 13.2 Å². The van der Waals surface area contributed by atoms with Gasteiger partial charge in [-0.25, -0.2) is 9.59 Å². The molecular weight excluding hydrogens is 456 g/mol. The molecule has 9 heteroatoms. The highest BCUT2D eigenvalue weighted by Gasteiger charge is 2.15. The summed E-state index contributed by atoms with van der Waals surface area (Å²) in [6.07, 6.45) is -1.13. The molecular formula is C26H46O9. The Morgan fingerprint density at radius 3 is 1.11 bits per heavy atom. The van der Waals surface area contributed by atoms with Gasteiger partial charge in [-0.3, -0.25) is 0 Å². The Morgan fingerprint density at radius 1 is 0.514 bits per heavy atom. The van der Waals surface area contributed by atoms with E-state index >= 15 is 0 Å². The summed E-state index contributed by atoms with van der Waals surface area (Å²) in [5.74, 6) is -0.848. The van der Waals surface area contributed by atoms with Crippen LogP contribution in [0, 0.1) is 0 Å². The van der Waals surface area contributed by atoms with Crippen LogP contribution in [0.25, 0.3) is 0 Å². The van der Waals surface area contributed by atoms with Gasteiger partial charge in [0, 0.05) is 11.1 Å². The summed E-state index contributed by atoms with van der Waals surface area (Å²) in [5.41, 5.74) is 0.719. The van der Waals surface area contributed by atoms with Crippen molar-refractivity contribution in [3.8, 4) is 0 Å². The van der Waals surface area contributed by atoms with Gasteiger partial charge < -0.3 is 33.2 Å². The second-order valence-electron chi connectivity index (χ2n) is 9.09. The zero-order valence-corrected chi connectivity index (χ0v) is 22.8. The maximum Gasteiger partial charge on any atom is 0.333 e. The minimum Gasteiger partial charge on any atom is -0.460 e. The summed E-state index contributed by atoms with van der Waals surface area (Å²) in [5, 5.41) is 0. The van der Waals surface area contributed by atoms with Crippen molar-refractivity contribution in [1.82, 2.24) is 0 Å². The van der Waals surface area contributed by atoms with E-state index in [2.05, 4.69) is 13.2 Å². The SMILES string of the molecule is C=C(C)C(=O)OCC(C)OCC(C)OCC(C)OCC(C)OCC(C)OCC(C)OC(=O)C(=C)C. The monoisotopic (exact) mass is 502 g/mol. The number of rotatable bonds is 20. The van der Waals surface area contributed by atoms with Gasteiger partial charge in [-0.05, 0) is 55.4 Å². The molecule has 0 aromatic rings. The van der Waals surface area contributed by atoms with Crippen LogP contribution in [-0.2, 0) is 42.7 Å². The average molecular weight is 503 g/mol. The van der Waals surface area contributed by atoms with E-state index in [1.807, 2.05) is 34.6 Å². The molecule has 0 saturated heterocycles. The lowest BCUT2D eigenvalue weighted by Crippen LogP contribution is -2.30. The van der Waals surface area contributed by atoms with Crippen LogP contribution in [0.2, 0.25) is 0 Å². The lowest BCUT2D eigenvalue weighted by molar-refractivity contribution is -0.148. The minimum absolute atomic E-state index is 0.116. The molecule has 0 aliphatic carbocycles. The van der Waals surface area contributed by atoms with Gasteiger partial charge in [-0.15, -0.1) is 0 Å². The Bertz CT molecular complexity index is 649. The van der Waals surface area contributed by atoms with Gasteiger partial charge >= 0.3 is 11.9 Å². The number of carbonyl (C=O) groups is 2. The Kier molecular flexibility index (Phi) is 17.5. The molecule has 6 atom stereocenters. The van der Waals surface area contributed by atoms with Crippen LogP contribution in [0.5, 0.6) is 0 Å². The van der Waals surface area contributed by atoms with Crippen molar-refractivity contribution in [2.75, 3.05) is 39.6 Å². The van der Waals surface area contributed by atoms with E-state index in [0.29, 0.717) is 37.6 Å². The number of hydrogen-bond acceptors (Lipinski definition) is 9. The van der Waals surface area contributed by atoms with Crippen LogP contribution in [0.3, 0.4) is 0 Å². The molecule has 0 rings (SSSR count). The zero-order chi connectivity index (χ0) is 27.0. The Labute approximate surface area is 211 Å². The lowest BCUT2D eigenvalue weighted by Gasteiger charge is -2.22. The first-order chi connectivity index (χ1) is 16.3. The summed E-state index contributed by atoms with van der Waals surface area (Å²) in [4.78, 5) is 22.9. The molecule has 0 aromatic carbocycles. The third kappa shape index (κ3) is 18.2. The fourth-order valence-electron chi connectivity index (χ4n) is 2.37. The van der Waals surface area contributed by atoms with Crippen LogP contribution < -0.4 is 0 Å². The Hall–Kier alpha value is -1.78. The number of esters is 2. The standard InChI is InChI=1S/C26H46O9/c1-17(2)25(27)34-15-23(9)32-13-21(7)30-11-19(5)29-12-20(6)31-14-22(8)33-16-24(10)35-26(28)18(3)4/h19-24H,1,3,11-16H2,2,4-10H3. The highest BCUT2D eigenvalue weighted by Crippen LogP contribution is 2.05. The molecule has 0 N–H and O–H groups in total. The van der Waals surface area contributed by atoms with Crippen molar-refractivity contribution < 1.29 is 42.7 Å². The molecule has 0 fully saturated rings. The highest BCUT2D eigenvalue weighted by molar-refractivity contribution is 5.87. The Morgan fingerprint density at radius 2 is 0.800 bits per heavy atom. The molecule has 0 bridgehead atoms. The first-order valence-electron chi connectivity index (χ1n) is 12.1. The van der Waals surface area contributed by atoms with E-state index < -0.39 is 11.9 Å². The summed E-state index contributed by atoms with van der Waals surface area (Å²) in [6.45, 7) is 23.6. The predicted molar refractivity (Wildman–Crippen MR) is 133 cm³/mol. The molecule has 0 radical (unpaired) electrons. The third-order valence-electron chi connectivity index (χ3n) is 4.53. The van der Waals surface area contributed by atoms with Gasteiger partial charge in [0.2, 0.25) is 0 Å². The quantitative estimate of drug-likeness (QED) is 0.182. The maximum absolute atomic E-state index is 11.5. The predicted octanol–water partition coefficient (Wildman–Crippen LogP) is 3.64. The van der Waals surface area contributed by atoms with Gasteiger partial charge in [0.25, 0.3) is 0 Å². The summed E-state index contributed by atoms with van der Waals surface area (Å²) >= 11 is 0. The van der Waals surface area contributed by atoms with Crippen molar-refractivity contribution in [3.63, 3.8) is 0 Å². The van der Waals surface area contributed by atoms with Crippen molar-refractivity contribution in [3.05, 3.63) is 24.3 Å². The van der Waals surface area contributed by atoms with Gasteiger partial charge in [0.15, 0.2) is 0 Å². The molecule has 204 valence electrons. The van der Waals surface area contributed by atoms with Crippen molar-refractivity contribution in [2.24, 2.45) is 0 Å². The molecule has 0 heterocycles. The van der Waals surface area contributed by atoms with E-state index in [4.69, 9.17) is 33.2 Å². The van der Waals surface area contributed by atoms with E-state index in [1.165, 1.54) is 0 Å². The number of ether oxygens (including phenoxy) is 7. The van der Waals surface area contributed by atoms with Crippen molar-refractivity contribution in [2.45, 2.75) is 92.0 Å². The fourth-order valence-corrected chi connectivity index (χ4v) is 2.37. The molecule has 0 aromatic heterocycles. The summed E-state index contributed by atoms with van der Waals surface area (Å²) in [6, 6.07) is 0. The molecule has 0 amide bonds. The van der Waals surface area contributed by atoms with Crippen molar-refractivity contribution in [1.29, 1.82) is 0 Å². The molecule has 0 saturated carbocycles. The maximum atomic E-state index is 11.5. The van der Waals surface area contributed by atoms with Crippen LogP contribution in [0.4, 0.5) is 0 Å². The molecule has 0 aliphatic rings. The molecule has 9 nitrogen and oxygen atoms in total. The van der Waals surface area contributed by atoms with Crippen LogP contribution in [0.15, 0.2) is 24.3 Å². The molecule has 35 heavy (non-hydrogen) atoms. The second kappa shape index (κ2) is 18.5. The largest absolute Gasteiger partial charge is 0.460 e. The smallest absolute Gasteiger partial charge is 0.333 e. The molecule has 0 aliphatic heterocycles. The van der Waals surface area contributed by atoms with E-state index in [1.54, 1.807) is 20.8 Å². The van der Waals surface area contributed by atoms with Gasteiger partial charge in [0.1, 0.15) is 12.7 Å². The number of hydrogen-bond donors (Lipinski definition) is 0. The third-order valence-corrected chi connectivity index (χ3v) is 4.53. The molecule has 6 unspecified atom stereocenters. The summed E-state index contributed by atoms with van der Waals surface area (Å²) < 4.78 is 38.9. The van der Waals surface area contributed by atoms with Gasteiger partial charge in [0.05, 0.1) is 63.6 Å².